The maximum absolute atomic E-state index is 12.3. The van der Waals surface area contributed by atoms with Crippen LogP contribution in [-0.2, 0) is 13.1 Å². The molecule has 0 aliphatic carbocycles. The molecule has 0 radical (unpaired) electrons. The summed E-state index contributed by atoms with van der Waals surface area (Å²) in [7, 11) is 0. The fourth-order valence-corrected chi connectivity index (χ4v) is 2.95. The van der Waals surface area contributed by atoms with Crippen LogP contribution in [-0.4, -0.2) is 15.5 Å². The van der Waals surface area contributed by atoms with E-state index in [0.29, 0.717) is 22.2 Å². The molecule has 0 bridgehead atoms. The average molecular weight is 374 g/mol. The van der Waals surface area contributed by atoms with Crippen LogP contribution in [0.2, 0.25) is 10.0 Å². The van der Waals surface area contributed by atoms with Crippen molar-refractivity contribution in [2.45, 2.75) is 20.0 Å². The van der Waals surface area contributed by atoms with Crippen molar-refractivity contribution in [3.63, 3.8) is 0 Å². The lowest BCUT2D eigenvalue weighted by molar-refractivity contribution is 0.0951. The van der Waals surface area contributed by atoms with Gasteiger partial charge in [-0.25, -0.2) is 4.98 Å². The number of benzene rings is 2. The summed E-state index contributed by atoms with van der Waals surface area (Å²) in [6, 6.07) is 12.8. The number of hydrogen-bond acceptors (Lipinski definition) is 2. The van der Waals surface area contributed by atoms with Gasteiger partial charge in [0.05, 0.1) is 0 Å². The largest absolute Gasteiger partial charge is 0.348 e. The lowest BCUT2D eigenvalue weighted by Gasteiger charge is -2.09. The van der Waals surface area contributed by atoms with E-state index in [2.05, 4.69) is 14.9 Å². The number of amides is 1. The number of nitrogens with one attached hydrogen (secondary N) is 1. The summed E-state index contributed by atoms with van der Waals surface area (Å²) in [5.74, 6) is 0.818. The third kappa shape index (κ3) is 4.41. The van der Waals surface area contributed by atoms with Crippen molar-refractivity contribution in [2.75, 3.05) is 0 Å². The second-order valence-corrected chi connectivity index (χ2v) is 6.56. The number of imidazole rings is 1. The molecular weight excluding hydrogens is 357 g/mol. The number of halogens is 2. The highest BCUT2D eigenvalue weighted by Gasteiger charge is 2.08. The number of aryl methyl sites for hydroxylation is 1. The van der Waals surface area contributed by atoms with Gasteiger partial charge in [-0.05, 0) is 42.3 Å². The molecule has 6 heteroatoms. The second kappa shape index (κ2) is 7.72. The van der Waals surface area contributed by atoms with Gasteiger partial charge in [0.25, 0.3) is 5.91 Å². The quantitative estimate of drug-likeness (QED) is 0.716. The lowest BCUT2D eigenvalue weighted by Crippen LogP contribution is -2.22. The molecule has 0 saturated heterocycles. The Hall–Kier alpha value is -2.30. The van der Waals surface area contributed by atoms with Crippen LogP contribution in [0.1, 0.15) is 27.3 Å². The molecule has 0 atom stereocenters. The molecule has 128 valence electrons. The molecule has 0 unspecified atom stereocenters. The smallest absolute Gasteiger partial charge is 0.251 e. The van der Waals surface area contributed by atoms with Gasteiger partial charge in [0.2, 0.25) is 0 Å². The summed E-state index contributed by atoms with van der Waals surface area (Å²) in [5.41, 5.74) is 2.54. The summed E-state index contributed by atoms with van der Waals surface area (Å²) >= 11 is 12.0. The van der Waals surface area contributed by atoms with Crippen molar-refractivity contribution in [2.24, 2.45) is 0 Å². The zero-order valence-corrected chi connectivity index (χ0v) is 15.2. The molecule has 3 aromatic rings. The van der Waals surface area contributed by atoms with Gasteiger partial charge in [-0.2, -0.15) is 0 Å². The summed E-state index contributed by atoms with van der Waals surface area (Å²) in [6.07, 6.45) is 3.71. The van der Waals surface area contributed by atoms with Crippen LogP contribution in [0.5, 0.6) is 0 Å². The fourth-order valence-electron chi connectivity index (χ4n) is 2.47. The Morgan fingerprint density at radius 1 is 1.16 bits per heavy atom. The summed E-state index contributed by atoms with van der Waals surface area (Å²) < 4.78 is 2.05. The van der Waals surface area contributed by atoms with E-state index in [-0.39, 0.29) is 5.91 Å². The topological polar surface area (TPSA) is 46.9 Å². The number of aromatic nitrogens is 2. The van der Waals surface area contributed by atoms with Gasteiger partial charge in [0.15, 0.2) is 0 Å². The van der Waals surface area contributed by atoms with Gasteiger partial charge < -0.3 is 9.88 Å². The maximum Gasteiger partial charge on any atom is 0.251 e. The number of hydrogen-bond donors (Lipinski definition) is 1. The number of nitrogens with zero attached hydrogens (tertiary/aromatic N) is 2. The predicted octanol–water partition coefficient (Wildman–Crippen LogP) is 4.48. The first-order chi connectivity index (χ1) is 12.0. The van der Waals surface area contributed by atoms with E-state index in [1.807, 2.05) is 43.5 Å². The minimum absolute atomic E-state index is 0.142. The molecule has 0 spiro atoms. The Morgan fingerprint density at radius 3 is 2.56 bits per heavy atom. The molecule has 4 nitrogen and oxygen atoms in total. The van der Waals surface area contributed by atoms with Crippen molar-refractivity contribution in [3.05, 3.63) is 87.4 Å². The molecule has 25 heavy (non-hydrogen) atoms. The van der Waals surface area contributed by atoms with Crippen LogP contribution in [0.15, 0.2) is 54.9 Å². The van der Waals surface area contributed by atoms with Crippen LogP contribution in [0, 0.1) is 6.92 Å². The monoisotopic (exact) mass is 373 g/mol. The van der Waals surface area contributed by atoms with Gasteiger partial charge >= 0.3 is 0 Å². The minimum atomic E-state index is -0.142. The zero-order chi connectivity index (χ0) is 17.8. The van der Waals surface area contributed by atoms with E-state index in [1.165, 1.54) is 0 Å². The minimum Gasteiger partial charge on any atom is -0.348 e. The Kier molecular flexibility index (Phi) is 5.41. The van der Waals surface area contributed by atoms with E-state index >= 15 is 0 Å². The van der Waals surface area contributed by atoms with E-state index in [4.69, 9.17) is 23.2 Å². The molecule has 0 aliphatic heterocycles. The van der Waals surface area contributed by atoms with Crippen molar-refractivity contribution < 1.29 is 4.79 Å². The standard InChI is InChI=1S/C19H17Cl2N3O/c1-13-22-8-9-24(13)12-14-2-4-15(5-3-14)19(25)23-11-16-6-7-17(20)10-18(16)21/h2-10H,11-12H2,1H3,(H,23,25). The fraction of sp³-hybridized carbons (Fsp3) is 0.158. The first kappa shape index (κ1) is 17.5. The highest BCUT2D eigenvalue weighted by atomic mass is 35.5. The van der Waals surface area contributed by atoms with Gasteiger partial charge in [-0.1, -0.05) is 41.4 Å². The Morgan fingerprint density at radius 2 is 1.92 bits per heavy atom. The van der Waals surface area contributed by atoms with Crippen LogP contribution in [0.4, 0.5) is 0 Å². The highest BCUT2D eigenvalue weighted by Crippen LogP contribution is 2.20. The first-order valence-corrected chi connectivity index (χ1v) is 8.57. The third-order valence-electron chi connectivity index (χ3n) is 3.95. The van der Waals surface area contributed by atoms with Gasteiger partial charge in [0.1, 0.15) is 5.82 Å². The lowest BCUT2D eigenvalue weighted by atomic mass is 10.1. The molecular formula is C19H17Cl2N3O. The van der Waals surface area contributed by atoms with E-state index < -0.39 is 0 Å². The van der Waals surface area contributed by atoms with Crippen LogP contribution in [0.3, 0.4) is 0 Å². The van der Waals surface area contributed by atoms with Crippen molar-refractivity contribution in [3.8, 4) is 0 Å². The molecule has 0 fully saturated rings. The SMILES string of the molecule is Cc1nccn1Cc1ccc(C(=O)NCc2ccc(Cl)cc2Cl)cc1. The number of carbonyl (C=O) groups excluding carboxylic acids is 1. The second-order valence-electron chi connectivity index (χ2n) is 5.72. The molecule has 3 rings (SSSR count). The van der Waals surface area contributed by atoms with Crippen molar-refractivity contribution >= 4 is 29.1 Å². The molecule has 1 amide bonds. The predicted molar refractivity (Wildman–Crippen MR) is 100 cm³/mol. The summed E-state index contributed by atoms with van der Waals surface area (Å²) in [5, 5.41) is 3.98. The molecule has 0 saturated carbocycles. The molecule has 1 aromatic heterocycles. The Balaban J connectivity index is 1.61. The van der Waals surface area contributed by atoms with Crippen LogP contribution >= 0.6 is 23.2 Å². The molecule has 1 heterocycles. The summed E-state index contributed by atoms with van der Waals surface area (Å²) in [6.45, 7) is 3.04. The maximum atomic E-state index is 12.3. The van der Waals surface area contributed by atoms with Crippen LogP contribution < -0.4 is 5.32 Å². The van der Waals surface area contributed by atoms with E-state index in [1.54, 1.807) is 18.3 Å². The highest BCUT2D eigenvalue weighted by molar-refractivity contribution is 6.35. The van der Waals surface area contributed by atoms with Gasteiger partial charge in [-0.3, -0.25) is 4.79 Å². The van der Waals surface area contributed by atoms with Crippen molar-refractivity contribution in [1.29, 1.82) is 0 Å². The third-order valence-corrected chi connectivity index (χ3v) is 4.53. The summed E-state index contributed by atoms with van der Waals surface area (Å²) in [4.78, 5) is 16.5. The van der Waals surface area contributed by atoms with E-state index in [0.717, 1.165) is 23.5 Å². The molecule has 0 aliphatic rings. The first-order valence-electron chi connectivity index (χ1n) is 7.82. The normalized spacial score (nSPS) is 10.7. The number of rotatable bonds is 5. The number of carbonyl (C=O) groups is 1. The Bertz CT molecular complexity index is 888. The van der Waals surface area contributed by atoms with E-state index in [9.17, 15) is 4.79 Å². The van der Waals surface area contributed by atoms with Crippen LogP contribution in [0.25, 0.3) is 0 Å². The zero-order valence-electron chi connectivity index (χ0n) is 13.7. The Labute approximate surface area is 156 Å². The average Bonchev–Trinajstić information content (AvgIpc) is 2.99. The molecule has 2 aromatic carbocycles. The molecule has 1 N–H and O–H groups in total. The van der Waals surface area contributed by atoms with Gasteiger partial charge in [-0.15, -0.1) is 0 Å². The van der Waals surface area contributed by atoms with Gasteiger partial charge in [0, 0.05) is 41.1 Å². The van der Waals surface area contributed by atoms with Crippen molar-refractivity contribution in [1.82, 2.24) is 14.9 Å².